The molecule has 0 aliphatic rings. The molecule has 3 rings (SSSR count). The Bertz CT molecular complexity index is 920. The van der Waals surface area contributed by atoms with Gasteiger partial charge in [-0.2, -0.15) is 0 Å². The van der Waals surface area contributed by atoms with Crippen LogP contribution in [-0.2, 0) is 0 Å². The molecule has 0 bridgehead atoms. The summed E-state index contributed by atoms with van der Waals surface area (Å²) in [4.78, 5) is 17.3. The van der Waals surface area contributed by atoms with E-state index >= 15 is 0 Å². The molecule has 1 aromatic heterocycles. The number of rotatable bonds is 4. The standard InChI is InChI=1S/C18H16ClN3OS/c1-10-6-7-14(11(2)8-10)21-18-22-17(20)16(24-18)15(23)12-4-3-5-13(19)9-12/h3-9H,20H2,1-2H3,(H,21,22). The van der Waals surface area contributed by atoms with Crippen molar-refractivity contribution in [2.45, 2.75) is 13.8 Å². The molecule has 0 unspecified atom stereocenters. The van der Waals surface area contributed by atoms with Crippen molar-refractivity contribution < 1.29 is 4.79 Å². The van der Waals surface area contributed by atoms with Gasteiger partial charge in [-0.05, 0) is 37.6 Å². The highest BCUT2D eigenvalue weighted by Crippen LogP contribution is 2.31. The maximum absolute atomic E-state index is 12.6. The van der Waals surface area contributed by atoms with Gasteiger partial charge in [0.1, 0.15) is 10.7 Å². The molecular formula is C18H16ClN3OS. The molecule has 6 heteroatoms. The van der Waals surface area contributed by atoms with Gasteiger partial charge in [0.05, 0.1) is 0 Å². The molecule has 0 spiro atoms. The molecule has 0 aliphatic carbocycles. The number of nitrogens with one attached hydrogen (secondary N) is 1. The van der Waals surface area contributed by atoms with Crippen LogP contribution in [0.15, 0.2) is 42.5 Å². The van der Waals surface area contributed by atoms with E-state index in [-0.39, 0.29) is 11.6 Å². The first kappa shape index (κ1) is 16.5. The summed E-state index contributed by atoms with van der Waals surface area (Å²) in [5.41, 5.74) is 9.67. The van der Waals surface area contributed by atoms with Crippen LogP contribution in [0.2, 0.25) is 5.02 Å². The maximum Gasteiger partial charge on any atom is 0.206 e. The number of anilines is 3. The first-order valence-corrected chi connectivity index (χ1v) is 8.54. The van der Waals surface area contributed by atoms with E-state index in [4.69, 9.17) is 17.3 Å². The smallest absolute Gasteiger partial charge is 0.206 e. The lowest BCUT2D eigenvalue weighted by Crippen LogP contribution is -2.02. The zero-order chi connectivity index (χ0) is 17.3. The Kier molecular flexibility index (Phi) is 4.55. The van der Waals surface area contributed by atoms with Crippen LogP contribution in [-0.4, -0.2) is 10.8 Å². The van der Waals surface area contributed by atoms with E-state index in [0.29, 0.717) is 20.6 Å². The van der Waals surface area contributed by atoms with Crippen LogP contribution in [0.25, 0.3) is 0 Å². The van der Waals surface area contributed by atoms with E-state index in [1.54, 1.807) is 24.3 Å². The van der Waals surface area contributed by atoms with E-state index in [0.717, 1.165) is 11.3 Å². The topological polar surface area (TPSA) is 68.0 Å². The van der Waals surface area contributed by atoms with Crippen molar-refractivity contribution in [1.29, 1.82) is 0 Å². The summed E-state index contributed by atoms with van der Waals surface area (Å²) in [5, 5.41) is 4.33. The van der Waals surface area contributed by atoms with Crippen LogP contribution in [0.4, 0.5) is 16.6 Å². The molecule has 2 aromatic carbocycles. The monoisotopic (exact) mass is 357 g/mol. The van der Waals surface area contributed by atoms with Crippen LogP contribution in [0, 0.1) is 13.8 Å². The summed E-state index contributed by atoms with van der Waals surface area (Å²) in [6, 6.07) is 12.9. The molecule has 24 heavy (non-hydrogen) atoms. The summed E-state index contributed by atoms with van der Waals surface area (Å²) in [6.45, 7) is 4.06. The third-order valence-corrected chi connectivity index (χ3v) is 4.79. The van der Waals surface area contributed by atoms with Crippen molar-refractivity contribution >= 4 is 45.4 Å². The molecule has 0 saturated carbocycles. The highest BCUT2D eigenvalue weighted by molar-refractivity contribution is 7.18. The molecule has 0 aliphatic heterocycles. The van der Waals surface area contributed by atoms with Crippen LogP contribution < -0.4 is 11.1 Å². The quantitative estimate of drug-likeness (QED) is 0.647. The number of halogens is 1. The lowest BCUT2D eigenvalue weighted by atomic mass is 10.1. The van der Waals surface area contributed by atoms with Gasteiger partial charge in [0.25, 0.3) is 0 Å². The van der Waals surface area contributed by atoms with Gasteiger partial charge in [-0.15, -0.1) is 0 Å². The Balaban J connectivity index is 1.89. The zero-order valence-corrected chi connectivity index (χ0v) is 14.8. The van der Waals surface area contributed by atoms with Gasteiger partial charge < -0.3 is 11.1 Å². The number of hydrogen-bond acceptors (Lipinski definition) is 5. The van der Waals surface area contributed by atoms with Crippen LogP contribution in [0.5, 0.6) is 0 Å². The SMILES string of the molecule is Cc1ccc(Nc2nc(N)c(C(=O)c3cccc(Cl)c3)s2)c(C)c1. The Morgan fingerprint density at radius 1 is 1.21 bits per heavy atom. The number of nitrogens with two attached hydrogens (primary N) is 1. The molecule has 0 fully saturated rings. The molecular weight excluding hydrogens is 342 g/mol. The normalized spacial score (nSPS) is 10.6. The first-order valence-electron chi connectivity index (χ1n) is 7.35. The van der Waals surface area contributed by atoms with Crippen molar-refractivity contribution in [1.82, 2.24) is 4.98 Å². The maximum atomic E-state index is 12.6. The molecule has 0 saturated heterocycles. The summed E-state index contributed by atoms with van der Waals surface area (Å²) >= 11 is 7.19. The van der Waals surface area contributed by atoms with Crippen molar-refractivity contribution in [3.8, 4) is 0 Å². The van der Waals surface area contributed by atoms with Gasteiger partial charge in [-0.1, -0.05) is 52.8 Å². The third kappa shape index (κ3) is 3.42. The second-order valence-corrected chi connectivity index (χ2v) is 6.95. The number of aryl methyl sites for hydroxylation is 2. The molecule has 3 N–H and O–H groups in total. The Morgan fingerprint density at radius 3 is 2.71 bits per heavy atom. The number of nitrogen functional groups attached to an aromatic ring is 1. The second-order valence-electron chi connectivity index (χ2n) is 5.52. The largest absolute Gasteiger partial charge is 0.382 e. The molecule has 1 heterocycles. The lowest BCUT2D eigenvalue weighted by molar-refractivity contribution is 0.104. The minimum Gasteiger partial charge on any atom is -0.382 e. The predicted octanol–water partition coefficient (Wildman–Crippen LogP) is 4.97. The van der Waals surface area contributed by atoms with Crippen molar-refractivity contribution in [2.24, 2.45) is 0 Å². The summed E-state index contributed by atoms with van der Waals surface area (Å²) < 4.78 is 0. The Morgan fingerprint density at radius 2 is 2.00 bits per heavy atom. The molecule has 122 valence electrons. The van der Waals surface area contributed by atoms with Gasteiger partial charge in [-0.25, -0.2) is 4.98 Å². The van der Waals surface area contributed by atoms with Crippen LogP contribution in [0.3, 0.4) is 0 Å². The van der Waals surface area contributed by atoms with Gasteiger partial charge >= 0.3 is 0 Å². The Hall–Kier alpha value is -2.37. The van der Waals surface area contributed by atoms with Gasteiger partial charge in [0.15, 0.2) is 5.13 Å². The fourth-order valence-corrected chi connectivity index (χ4v) is 3.43. The number of carbonyl (C=O) groups excluding carboxylic acids is 1. The van der Waals surface area contributed by atoms with Crippen LogP contribution in [0.1, 0.15) is 26.4 Å². The molecule has 0 amide bonds. The molecule has 4 nitrogen and oxygen atoms in total. The number of aromatic nitrogens is 1. The van der Waals surface area contributed by atoms with Gasteiger partial charge in [0, 0.05) is 16.3 Å². The van der Waals surface area contributed by atoms with Crippen molar-refractivity contribution in [3.05, 3.63) is 69.1 Å². The molecule has 0 radical (unpaired) electrons. The number of ketones is 1. The van der Waals surface area contributed by atoms with Crippen molar-refractivity contribution in [3.63, 3.8) is 0 Å². The third-order valence-electron chi connectivity index (χ3n) is 3.57. The highest BCUT2D eigenvalue weighted by Gasteiger charge is 2.18. The van der Waals surface area contributed by atoms with Gasteiger partial charge in [0.2, 0.25) is 5.78 Å². The summed E-state index contributed by atoms with van der Waals surface area (Å²) in [6.07, 6.45) is 0. The molecule has 3 aromatic rings. The average Bonchev–Trinajstić information content (AvgIpc) is 2.90. The fourth-order valence-electron chi connectivity index (χ4n) is 2.38. The second kappa shape index (κ2) is 6.63. The fraction of sp³-hybridized carbons (Fsp3) is 0.111. The van der Waals surface area contributed by atoms with Gasteiger partial charge in [-0.3, -0.25) is 4.79 Å². The predicted molar refractivity (Wildman–Crippen MR) is 101 cm³/mol. The number of hydrogen-bond donors (Lipinski definition) is 2. The number of nitrogens with zero attached hydrogens (tertiary/aromatic N) is 1. The van der Waals surface area contributed by atoms with Crippen LogP contribution >= 0.6 is 22.9 Å². The van der Waals surface area contributed by atoms with E-state index in [1.807, 2.05) is 26.0 Å². The molecule has 0 atom stereocenters. The number of thiazole rings is 1. The Labute approximate surface area is 149 Å². The first-order chi connectivity index (χ1) is 11.4. The summed E-state index contributed by atoms with van der Waals surface area (Å²) in [5.74, 6) is 0.0402. The van der Waals surface area contributed by atoms with Crippen molar-refractivity contribution in [2.75, 3.05) is 11.1 Å². The number of carbonyl (C=O) groups is 1. The average molecular weight is 358 g/mol. The number of benzene rings is 2. The zero-order valence-electron chi connectivity index (χ0n) is 13.3. The lowest BCUT2D eigenvalue weighted by Gasteiger charge is -2.07. The van der Waals surface area contributed by atoms with E-state index in [1.165, 1.54) is 16.9 Å². The highest BCUT2D eigenvalue weighted by atomic mass is 35.5. The minimum atomic E-state index is -0.179. The van der Waals surface area contributed by atoms with E-state index < -0.39 is 0 Å². The van der Waals surface area contributed by atoms with E-state index in [9.17, 15) is 4.79 Å². The summed E-state index contributed by atoms with van der Waals surface area (Å²) in [7, 11) is 0. The minimum absolute atomic E-state index is 0.179. The van der Waals surface area contributed by atoms with E-state index in [2.05, 4.69) is 16.4 Å².